The van der Waals surface area contributed by atoms with Crippen molar-refractivity contribution in [1.29, 1.82) is 0 Å². The average molecular weight is 173 g/mol. The molecule has 62 valence electrons. The molecule has 0 aromatic carbocycles. The number of aromatic nitrogens is 2. The fourth-order valence-corrected chi connectivity index (χ4v) is 1.39. The highest BCUT2D eigenvalue weighted by Crippen LogP contribution is 2.12. The lowest BCUT2D eigenvalue weighted by atomic mass is 10.7. The largest absolute Gasteiger partial charge is 0.419 e. The molecule has 1 heterocycles. The van der Waals surface area contributed by atoms with Gasteiger partial charge in [-0.2, -0.15) is 0 Å². The maximum absolute atomic E-state index is 4.94. The van der Waals surface area contributed by atoms with Crippen LogP contribution in [0.4, 0.5) is 0 Å². The Balaban J connectivity index is 2.14. The van der Waals surface area contributed by atoms with Gasteiger partial charge >= 0.3 is 0 Å². The van der Waals surface area contributed by atoms with E-state index in [1.807, 2.05) is 14.1 Å². The van der Waals surface area contributed by atoms with Crippen LogP contribution < -0.4 is 0 Å². The van der Waals surface area contributed by atoms with Crippen LogP contribution in [0.25, 0.3) is 0 Å². The van der Waals surface area contributed by atoms with Crippen LogP contribution in [0.5, 0.6) is 0 Å². The second-order valence-corrected chi connectivity index (χ2v) is 3.40. The van der Waals surface area contributed by atoms with Crippen LogP contribution in [0.2, 0.25) is 0 Å². The van der Waals surface area contributed by atoms with Crippen LogP contribution in [-0.2, 0) is 0 Å². The van der Waals surface area contributed by atoms with Crippen molar-refractivity contribution in [1.82, 2.24) is 15.1 Å². The lowest BCUT2D eigenvalue weighted by molar-refractivity contribution is 0.432. The molecule has 0 aliphatic carbocycles. The molecular weight excluding hydrogens is 162 g/mol. The molecule has 0 atom stereocenters. The second-order valence-electron chi connectivity index (χ2n) is 2.36. The first-order valence-electron chi connectivity index (χ1n) is 3.33. The van der Waals surface area contributed by atoms with Crippen molar-refractivity contribution in [3.63, 3.8) is 0 Å². The van der Waals surface area contributed by atoms with Crippen molar-refractivity contribution in [2.75, 3.05) is 26.4 Å². The Kier molecular flexibility index (Phi) is 3.38. The number of thioether (sulfide) groups is 1. The number of hydrogen-bond acceptors (Lipinski definition) is 5. The van der Waals surface area contributed by atoms with Gasteiger partial charge in [-0.05, 0) is 14.1 Å². The first kappa shape index (κ1) is 8.55. The minimum absolute atomic E-state index is 0.645. The molecule has 0 spiro atoms. The summed E-state index contributed by atoms with van der Waals surface area (Å²) in [6.07, 6.45) is 1.35. The molecule has 0 N–H and O–H groups in total. The summed E-state index contributed by atoms with van der Waals surface area (Å²) in [6.45, 7) is 1.02. The molecule has 0 fully saturated rings. The van der Waals surface area contributed by atoms with Gasteiger partial charge in [-0.25, -0.2) is 0 Å². The van der Waals surface area contributed by atoms with E-state index in [2.05, 4.69) is 15.1 Å². The molecule has 0 bridgehead atoms. The summed E-state index contributed by atoms with van der Waals surface area (Å²) in [5.74, 6) is 0.981. The quantitative estimate of drug-likeness (QED) is 0.628. The minimum Gasteiger partial charge on any atom is -0.419 e. The second kappa shape index (κ2) is 4.35. The first-order chi connectivity index (χ1) is 5.29. The van der Waals surface area contributed by atoms with Crippen LogP contribution >= 0.6 is 11.8 Å². The zero-order valence-electron chi connectivity index (χ0n) is 6.65. The molecule has 0 unspecified atom stereocenters. The molecule has 4 nitrogen and oxygen atoms in total. The standard InChI is InChI=1S/C6H11N3OS/c1-9(2)3-4-11-6-8-7-5-10-6/h5H,3-4H2,1-2H3. The van der Waals surface area contributed by atoms with E-state index >= 15 is 0 Å². The van der Waals surface area contributed by atoms with E-state index in [4.69, 9.17) is 4.42 Å². The lowest BCUT2D eigenvalue weighted by Crippen LogP contribution is -2.14. The van der Waals surface area contributed by atoms with Crippen LogP contribution in [0.15, 0.2) is 16.0 Å². The summed E-state index contributed by atoms with van der Waals surface area (Å²) in [4.78, 5) is 2.11. The van der Waals surface area contributed by atoms with Gasteiger partial charge in [0.2, 0.25) is 6.39 Å². The Morgan fingerprint density at radius 2 is 2.45 bits per heavy atom. The molecule has 0 saturated carbocycles. The van der Waals surface area contributed by atoms with Crippen LogP contribution in [-0.4, -0.2) is 41.5 Å². The Bertz CT molecular complexity index is 188. The molecule has 1 aromatic heterocycles. The van der Waals surface area contributed by atoms with Crippen LogP contribution in [0.3, 0.4) is 0 Å². The van der Waals surface area contributed by atoms with Crippen molar-refractivity contribution in [3.8, 4) is 0 Å². The third-order valence-electron chi connectivity index (χ3n) is 1.10. The average Bonchev–Trinajstić information content (AvgIpc) is 2.39. The van der Waals surface area contributed by atoms with E-state index in [-0.39, 0.29) is 0 Å². The highest BCUT2D eigenvalue weighted by atomic mass is 32.2. The SMILES string of the molecule is CN(C)CCSc1nnco1. The Morgan fingerprint density at radius 1 is 1.64 bits per heavy atom. The Hall–Kier alpha value is -0.550. The van der Waals surface area contributed by atoms with Gasteiger partial charge in [0.05, 0.1) is 0 Å². The van der Waals surface area contributed by atoms with Crippen LogP contribution in [0, 0.1) is 0 Å². The van der Waals surface area contributed by atoms with E-state index in [9.17, 15) is 0 Å². The molecule has 0 amide bonds. The van der Waals surface area contributed by atoms with Crippen molar-refractivity contribution >= 4 is 11.8 Å². The molecule has 0 saturated heterocycles. The molecule has 5 heteroatoms. The van der Waals surface area contributed by atoms with E-state index in [1.54, 1.807) is 11.8 Å². The minimum atomic E-state index is 0.645. The maximum Gasteiger partial charge on any atom is 0.276 e. The van der Waals surface area contributed by atoms with Crippen molar-refractivity contribution in [2.45, 2.75) is 5.22 Å². The lowest BCUT2D eigenvalue weighted by Gasteiger charge is -2.06. The molecule has 1 rings (SSSR count). The van der Waals surface area contributed by atoms with Gasteiger partial charge in [-0.3, -0.25) is 0 Å². The third kappa shape index (κ3) is 3.38. The summed E-state index contributed by atoms with van der Waals surface area (Å²) in [6, 6.07) is 0. The summed E-state index contributed by atoms with van der Waals surface area (Å²) in [7, 11) is 4.07. The first-order valence-corrected chi connectivity index (χ1v) is 4.31. The van der Waals surface area contributed by atoms with Gasteiger partial charge in [0, 0.05) is 12.3 Å². The number of rotatable bonds is 4. The van der Waals surface area contributed by atoms with E-state index in [0.29, 0.717) is 5.22 Å². The predicted molar refractivity (Wildman–Crippen MR) is 43.6 cm³/mol. The Morgan fingerprint density at radius 3 is 3.00 bits per heavy atom. The van der Waals surface area contributed by atoms with E-state index in [0.717, 1.165) is 12.3 Å². The summed E-state index contributed by atoms with van der Waals surface area (Å²) in [5.41, 5.74) is 0. The fourth-order valence-electron chi connectivity index (χ4n) is 0.541. The highest BCUT2D eigenvalue weighted by Gasteiger charge is 1.98. The zero-order chi connectivity index (χ0) is 8.10. The smallest absolute Gasteiger partial charge is 0.276 e. The number of nitrogens with zero attached hydrogens (tertiary/aromatic N) is 3. The molecular formula is C6H11N3OS. The topological polar surface area (TPSA) is 42.2 Å². The van der Waals surface area contributed by atoms with Crippen molar-refractivity contribution in [3.05, 3.63) is 6.39 Å². The van der Waals surface area contributed by atoms with E-state index < -0.39 is 0 Å². The normalized spacial score (nSPS) is 10.8. The molecule has 0 aliphatic heterocycles. The monoisotopic (exact) mass is 173 g/mol. The summed E-state index contributed by atoms with van der Waals surface area (Å²) in [5, 5.41) is 7.95. The van der Waals surface area contributed by atoms with Gasteiger partial charge in [-0.1, -0.05) is 11.8 Å². The summed E-state index contributed by atoms with van der Waals surface area (Å²) >= 11 is 1.57. The van der Waals surface area contributed by atoms with Crippen molar-refractivity contribution < 1.29 is 4.42 Å². The van der Waals surface area contributed by atoms with Gasteiger partial charge in [0.1, 0.15) is 0 Å². The van der Waals surface area contributed by atoms with Crippen LogP contribution in [0.1, 0.15) is 0 Å². The third-order valence-corrected chi connectivity index (χ3v) is 1.92. The van der Waals surface area contributed by atoms with Gasteiger partial charge in [0.15, 0.2) is 0 Å². The molecule has 0 aliphatic rings. The highest BCUT2D eigenvalue weighted by molar-refractivity contribution is 7.99. The predicted octanol–water partition coefficient (Wildman–Crippen LogP) is 0.723. The van der Waals surface area contributed by atoms with Crippen molar-refractivity contribution in [2.24, 2.45) is 0 Å². The molecule has 11 heavy (non-hydrogen) atoms. The maximum atomic E-state index is 4.94. The van der Waals surface area contributed by atoms with Gasteiger partial charge < -0.3 is 9.32 Å². The number of hydrogen-bond donors (Lipinski definition) is 0. The molecule has 1 aromatic rings. The van der Waals surface area contributed by atoms with Gasteiger partial charge in [0.25, 0.3) is 5.22 Å². The summed E-state index contributed by atoms with van der Waals surface area (Å²) < 4.78 is 4.94. The fraction of sp³-hybridized carbons (Fsp3) is 0.667. The zero-order valence-corrected chi connectivity index (χ0v) is 7.47. The molecule has 0 radical (unpaired) electrons. The van der Waals surface area contributed by atoms with Gasteiger partial charge in [-0.15, -0.1) is 10.2 Å². The van der Waals surface area contributed by atoms with E-state index in [1.165, 1.54) is 6.39 Å². The Labute approximate surface area is 70.0 Å².